The lowest BCUT2D eigenvalue weighted by atomic mass is 9.85. The SMILES string of the molecule is COC(=O)N[C@H](C(=O)N1[C@@H](C)CC[C@H]1c1ncc(-c2ccc3c(c2)COc2cc4c(cc2-3)CCc2[nH]c([C@@H]3CC[C@H](C)N3C(=O)[C@@H](NC(=O)OC)C3C[C@@H](C)O[C@H](C)C3)nc2-4)[nH]1)C(C)C. The molecule has 6 heterocycles. The fraction of sp³-hybridized carbons (Fsp3) is 0.551. The number of rotatable bonds is 9. The molecule has 0 unspecified atom stereocenters. The molecule has 65 heavy (non-hydrogen) atoms. The number of H-pyrrole nitrogens is 2. The van der Waals surface area contributed by atoms with Crippen molar-refractivity contribution in [1.29, 1.82) is 0 Å². The zero-order chi connectivity index (χ0) is 45.8. The van der Waals surface area contributed by atoms with Crippen molar-refractivity contribution in [1.82, 2.24) is 40.4 Å². The third-order valence-corrected chi connectivity index (χ3v) is 14.4. The minimum atomic E-state index is -0.741. The molecule has 16 nitrogen and oxygen atoms in total. The number of alkyl carbamates (subject to hydrolysis) is 2. The summed E-state index contributed by atoms with van der Waals surface area (Å²) in [4.78, 5) is 74.2. The van der Waals surface area contributed by atoms with Crippen LogP contribution in [0.25, 0.3) is 33.6 Å². The summed E-state index contributed by atoms with van der Waals surface area (Å²) in [6.45, 7) is 12.3. The number of hydrogen-bond donors (Lipinski definition) is 4. The first kappa shape index (κ1) is 44.3. The number of likely N-dealkylation sites (tertiary alicyclic amines) is 2. The van der Waals surface area contributed by atoms with Gasteiger partial charge in [0.15, 0.2) is 0 Å². The number of hydrogen-bond acceptors (Lipinski definition) is 10. The number of fused-ring (bicyclic) bond motifs is 6. The second kappa shape index (κ2) is 17.8. The van der Waals surface area contributed by atoms with Gasteiger partial charge in [0.2, 0.25) is 11.8 Å². The molecular weight excluding hydrogens is 829 g/mol. The number of benzene rings is 2. The monoisotopic (exact) mass is 890 g/mol. The van der Waals surface area contributed by atoms with E-state index in [9.17, 15) is 19.2 Å². The molecule has 3 fully saturated rings. The van der Waals surface area contributed by atoms with Crippen molar-refractivity contribution in [2.45, 2.75) is 148 Å². The third kappa shape index (κ3) is 8.34. The zero-order valence-corrected chi connectivity index (χ0v) is 38.7. The first-order chi connectivity index (χ1) is 31.2. The fourth-order valence-corrected chi connectivity index (χ4v) is 11.1. The van der Waals surface area contributed by atoms with Crippen LogP contribution in [0.3, 0.4) is 0 Å². The van der Waals surface area contributed by atoms with E-state index >= 15 is 0 Å². The Kier molecular flexibility index (Phi) is 12.1. The van der Waals surface area contributed by atoms with Crippen LogP contribution >= 0.6 is 0 Å². The Bertz CT molecular complexity index is 2470. The number of aromatic nitrogens is 4. The number of carbonyl (C=O) groups excluding carboxylic acids is 4. The van der Waals surface area contributed by atoms with Crippen molar-refractivity contribution in [2.24, 2.45) is 11.8 Å². The molecule has 2 aromatic heterocycles. The Labute approximate surface area is 379 Å². The van der Waals surface area contributed by atoms with E-state index in [2.05, 4.69) is 57.9 Å². The molecule has 0 bridgehead atoms. The van der Waals surface area contributed by atoms with Crippen LogP contribution in [-0.4, -0.2) is 104 Å². The standard InChI is InChI=1S/C49H62N8O8/c1-24(2)41(54-48(60)62-7)46(58)56-25(3)9-15-38(56)44-50-22-37(52-44)30-11-13-33-32(19-30)23-64-40-21-34-29(20-35(33)40)12-14-36-43(34)53-45(51-36)39-16-10-26(4)57(39)47(59)42(55-49(61)63-8)31-17-27(5)65-28(6)18-31/h11,13,19-22,24-28,31,38-39,41-42H,9-10,12,14-18,23H2,1-8H3,(H,50,52)(H,51,53)(H,54,60)(H,55,61)/t25-,26-,27+,28+,38-,39-,41-,42-/m0/s1. The molecule has 16 heteroatoms. The average Bonchev–Trinajstić information content (AvgIpc) is 4.11. The van der Waals surface area contributed by atoms with Crippen LogP contribution < -0.4 is 15.4 Å². The summed E-state index contributed by atoms with van der Waals surface area (Å²) < 4.78 is 22.3. The van der Waals surface area contributed by atoms with E-state index in [1.54, 1.807) is 0 Å². The highest BCUT2D eigenvalue weighted by Gasteiger charge is 2.45. The van der Waals surface area contributed by atoms with Crippen LogP contribution in [0.4, 0.5) is 9.59 Å². The van der Waals surface area contributed by atoms with Gasteiger partial charge in [-0.05, 0) is 131 Å². The number of amides is 4. The molecule has 4 aliphatic heterocycles. The number of aryl methyl sites for hydroxylation is 2. The van der Waals surface area contributed by atoms with Gasteiger partial charge < -0.3 is 49.3 Å². The number of methoxy groups -OCH3 is 2. The van der Waals surface area contributed by atoms with Gasteiger partial charge in [0, 0.05) is 28.9 Å². The predicted molar refractivity (Wildman–Crippen MR) is 242 cm³/mol. The van der Waals surface area contributed by atoms with E-state index in [1.165, 1.54) is 19.8 Å². The molecule has 0 saturated carbocycles. The lowest BCUT2D eigenvalue weighted by molar-refractivity contribution is -0.140. The van der Waals surface area contributed by atoms with Gasteiger partial charge in [-0.1, -0.05) is 26.0 Å². The Morgan fingerprint density at radius 1 is 0.769 bits per heavy atom. The van der Waals surface area contributed by atoms with E-state index in [0.717, 1.165) is 95.0 Å². The van der Waals surface area contributed by atoms with E-state index in [0.29, 0.717) is 25.3 Å². The van der Waals surface area contributed by atoms with Gasteiger partial charge in [-0.2, -0.15) is 0 Å². The minimum absolute atomic E-state index is 0.0147. The number of imidazole rings is 2. The van der Waals surface area contributed by atoms with Crippen molar-refractivity contribution in [2.75, 3.05) is 14.2 Å². The second-order valence-corrected chi connectivity index (χ2v) is 19.1. The molecule has 346 valence electrons. The highest BCUT2D eigenvalue weighted by molar-refractivity contribution is 5.88. The summed E-state index contributed by atoms with van der Waals surface area (Å²) in [6.07, 6.45) is 6.62. The number of carbonyl (C=O) groups is 4. The molecule has 0 radical (unpaired) electrons. The Hall–Kier alpha value is -5.90. The number of nitrogens with zero attached hydrogens (tertiary/aromatic N) is 4. The summed E-state index contributed by atoms with van der Waals surface area (Å²) in [5, 5.41) is 5.64. The predicted octanol–water partition coefficient (Wildman–Crippen LogP) is 7.54. The lowest BCUT2D eigenvalue weighted by Gasteiger charge is -2.39. The van der Waals surface area contributed by atoms with Gasteiger partial charge in [-0.3, -0.25) is 9.59 Å². The van der Waals surface area contributed by atoms with Crippen LogP contribution in [0.2, 0.25) is 0 Å². The molecule has 3 saturated heterocycles. The van der Waals surface area contributed by atoms with Crippen molar-refractivity contribution in [3.05, 3.63) is 65.0 Å². The van der Waals surface area contributed by atoms with Crippen molar-refractivity contribution in [3.8, 4) is 39.4 Å². The molecular formula is C49H62N8O8. The number of ether oxygens (including phenoxy) is 4. The average molecular weight is 891 g/mol. The molecule has 4 amide bonds. The summed E-state index contributed by atoms with van der Waals surface area (Å²) in [5.74, 6) is 1.80. The summed E-state index contributed by atoms with van der Waals surface area (Å²) in [5.41, 5.74) is 9.20. The Morgan fingerprint density at radius 2 is 1.45 bits per heavy atom. The molecule has 1 aliphatic carbocycles. The van der Waals surface area contributed by atoms with Crippen LogP contribution in [0.5, 0.6) is 5.75 Å². The lowest BCUT2D eigenvalue weighted by Crippen LogP contribution is -2.55. The van der Waals surface area contributed by atoms with Crippen LogP contribution in [-0.2, 0) is 43.2 Å². The molecule has 5 aliphatic rings. The number of aromatic amines is 2. The van der Waals surface area contributed by atoms with Gasteiger partial charge in [-0.25, -0.2) is 19.6 Å². The van der Waals surface area contributed by atoms with E-state index in [1.807, 2.05) is 50.6 Å². The molecule has 9 rings (SSSR count). The van der Waals surface area contributed by atoms with Crippen molar-refractivity contribution < 1.29 is 38.1 Å². The summed E-state index contributed by atoms with van der Waals surface area (Å²) in [7, 11) is 2.62. The van der Waals surface area contributed by atoms with Crippen molar-refractivity contribution >= 4 is 24.0 Å². The van der Waals surface area contributed by atoms with E-state index < -0.39 is 24.3 Å². The Morgan fingerprint density at radius 3 is 2.14 bits per heavy atom. The van der Waals surface area contributed by atoms with Gasteiger partial charge in [0.25, 0.3) is 0 Å². The summed E-state index contributed by atoms with van der Waals surface area (Å²) in [6, 6.07) is 8.73. The summed E-state index contributed by atoms with van der Waals surface area (Å²) >= 11 is 0. The second-order valence-electron chi connectivity index (χ2n) is 19.1. The van der Waals surface area contributed by atoms with Crippen LogP contribution in [0.1, 0.15) is 121 Å². The van der Waals surface area contributed by atoms with Gasteiger partial charge in [0.05, 0.1) is 56.1 Å². The zero-order valence-electron chi connectivity index (χ0n) is 38.7. The number of nitrogens with one attached hydrogen (secondary N) is 4. The minimum Gasteiger partial charge on any atom is -0.488 e. The van der Waals surface area contributed by atoms with Gasteiger partial charge >= 0.3 is 12.2 Å². The highest BCUT2D eigenvalue weighted by atomic mass is 16.5. The topological polar surface area (TPSA) is 193 Å². The van der Waals surface area contributed by atoms with Crippen molar-refractivity contribution in [3.63, 3.8) is 0 Å². The van der Waals surface area contributed by atoms with Gasteiger partial charge in [-0.15, -0.1) is 0 Å². The highest BCUT2D eigenvalue weighted by Crippen LogP contribution is 2.46. The molecule has 4 N–H and O–H groups in total. The van der Waals surface area contributed by atoms with Gasteiger partial charge in [0.1, 0.15) is 36.1 Å². The largest absolute Gasteiger partial charge is 0.488 e. The normalized spacial score (nSPS) is 25.4. The Balaban J connectivity index is 0.944. The van der Waals surface area contributed by atoms with Crippen LogP contribution in [0, 0.1) is 11.8 Å². The maximum Gasteiger partial charge on any atom is 0.407 e. The molecule has 4 aromatic rings. The maximum atomic E-state index is 14.6. The first-order valence-electron chi connectivity index (χ1n) is 23.3. The molecule has 8 atom stereocenters. The molecule has 0 spiro atoms. The molecule has 2 aromatic carbocycles. The third-order valence-electron chi connectivity index (χ3n) is 14.4. The maximum absolute atomic E-state index is 14.6. The first-order valence-corrected chi connectivity index (χ1v) is 23.3. The van der Waals surface area contributed by atoms with E-state index in [4.69, 9.17) is 28.9 Å². The van der Waals surface area contributed by atoms with E-state index in [-0.39, 0.29) is 60.0 Å². The van der Waals surface area contributed by atoms with Crippen LogP contribution in [0.15, 0.2) is 36.5 Å². The quantitative estimate of drug-likeness (QED) is 0.131. The fourth-order valence-electron chi connectivity index (χ4n) is 11.1. The smallest absolute Gasteiger partial charge is 0.407 e.